The monoisotopic (exact) mass is 235 g/mol. The van der Waals surface area contributed by atoms with Gasteiger partial charge in [0.25, 0.3) is 5.17 Å². The first-order chi connectivity index (χ1) is 7.68. The normalized spacial score (nSPS) is 19.7. The second-order valence-electron chi connectivity index (χ2n) is 3.81. The number of amides is 1. The van der Waals surface area contributed by atoms with Crippen LogP contribution in [0, 0.1) is 0 Å². The molecular weight excluding hydrogens is 222 g/mol. The molecule has 0 radical (unpaired) electrons. The summed E-state index contributed by atoms with van der Waals surface area (Å²) < 4.78 is 5.25. The van der Waals surface area contributed by atoms with Gasteiger partial charge < -0.3 is 4.74 Å². The van der Waals surface area contributed by atoms with E-state index >= 15 is 0 Å². The largest absolute Gasteiger partial charge is 0.468 e. The fourth-order valence-electron chi connectivity index (χ4n) is 1.88. The molecule has 1 aromatic carbocycles. The van der Waals surface area contributed by atoms with Crippen LogP contribution in [0.3, 0.4) is 0 Å². The number of thiocarbonyl (C=S) groups is 1. The summed E-state index contributed by atoms with van der Waals surface area (Å²) in [5, 5.41) is 0.299. The van der Waals surface area contributed by atoms with Crippen molar-refractivity contribution in [1.29, 1.82) is 0 Å². The average molecular weight is 235 g/mol. The third-order valence-corrected chi connectivity index (χ3v) is 2.93. The molecule has 1 unspecified atom stereocenters. The standard InChI is InChI=1S/C12H13NO2S/c1-9(14)13-11(8-15-12(13)16)7-10-5-3-2-4-6-10/h2-6,11H,7-8H2,1H3. The van der Waals surface area contributed by atoms with E-state index in [1.165, 1.54) is 12.5 Å². The van der Waals surface area contributed by atoms with Gasteiger partial charge in [0.1, 0.15) is 6.61 Å². The average Bonchev–Trinajstić information content (AvgIpc) is 2.61. The molecule has 1 fully saturated rings. The summed E-state index contributed by atoms with van der Waals surface area (Å²) in [6.45, 7) is 2.01. The molecule has 4 heteroatoms. The summed E-state index contributed by atoms with van der Waals surface area (Å²) in [7, 11) is 0. The van der Waals surface area contributed by atoms with Crippen molar-refractivity contribution in [2.45, 2.75) is 19.4 Å². The fourth-order valence-corrected chi connectivity index (χ4v) is 2.23. The van der Waals surface area contributed by atoms with E-state index in [4.69, 9.17) is 17.0 Å². The summed E-state index contributed by atoms with van der Waals surface area (Å²) in [4.78, 5) is 13.0. The third kappa shape index (κ3) is 2.22. The predicted octanol–water partition coefficient (Wildman–Crippen LogP) is 1.76. The molecule has 1 atom stereocenters. The van der Waals surface area contributed by atoms with E-state index in [2.05, 4.69) is 0 Å². The summed E-state index contributed by atoms with van der Waals surface area (Å²) in [5.74, 6) is -0.0524. The zero-order valence-corrected chi connectivity index (χ0v) is 9.87. The maximum Gasteiger partial charge on any atom is 0.266 e. The molecule has 84 valence electrons. The van der Waals surface area contributed by atoms with Gasteiger partial charge in [-0.3, -0.25) is 9.69 Å². The third-order valence-electron chi connectivity index (χ3n) is 2.61. The van der Waals surface area contributed by atoms with Crippen LogP contribution in [-0.4, -0.2) is 28.6 Å². The number of hydrogen-bond donors (Lipinski definition) is 0. The van der Waals surface area contributed by atoms with Gasteiger partial charge in [-0.25, -0.2) is 0 Å². The Hall–Kier alpha value is -1.42. The summed E-state index contributed by atoms with van der Waals surface area (Å²) in [5.41, 5.74) is 1.19. The number of nitrogens with zero attached hydrogens (tertiary/aromatic N) is 1. The van der Waals surface area contributed by atoms with Crippen LogP contribution >= 0.6 is 12.2 Å². The molecule has 1 saturated heterocycles. The van der Waals surface area contributed by atoms with Crippen molar-refractivity contribution in [2.24, 2.45) is 0 Å². The Morgan fingerprint density at radius 1 is 1.50 bits per heavy atom. The van der Waals surface area contributed by atoms with E-state index in [0.717, 1.165) is 6.42 Å². The van der Waals surface area contributed by atoms with Gasteiger partial charge >= 0.3 is 0 Å². The van der Waals surface area contributed by atoms with Crippen molar-refractivity contribution in [2.75, 3.05) is 6.61 Å². The zero-order chi connectivity index (χ0) is 11.5. The lowest BCUT2D eigenvalue weighted by molar-refractivity contribution is -0.125. The van der Waals surface area contributed by atoms with E-state index in [9.17, 15) is 4.79 Å². The summed E-state index contributed by atoms with van der Waals surface area (Å²) in [6.07, 6.45) is 0.778. The van der Waals surface area contributed by atoms with Gasteiger partial charge in [0, 0.05) is 6.92 Å². The highest BCUT2D eigenvalue weighted by atomic mass is 32.1. The first-order valence-corrected chi connectivity index (χ1v) is 5.60. The Morgan fingerprint density at radius 3 is 2.81 bits per heavy atom. The molecule has 0 aromatic heterocycles. The van der Waals surface area contributed by atoms with Crippen LogP contribution in [0.25, 0.3) is 0 Å². The molecule has 0 saturated carbocycles. The maximum absolute atomic E-state index is 11.4. The first-order valence-electron chi connectivity index (χ1n) is 5.19. The van der Waals surface area contributed by atoms with Crippen LogP contribution in [-0.2, 0) is 16.0 Å². The summed E-state index contributed by atoms with van der Waals surface area (Å²) in [6, 6.07) is 10.1. The molecular formula is C12H13NO2S. The molecule has 1 aliphatic rings. The Kier molecular flexibility index (Phi) is 3.19. The van der Waals surface area contributed by atoms with Crippen LogP contribution < -0.4 is 0 Å². The van der Waals surface area contributed by atoms with E-state index in [-0.39, 0.29) is 11.9 Å². The van der Waals surface area contributed by atoms with Gasteiger partial charge in [0.05, 0.1) is 6.04 Å². The second kappa shape index (κ2) is 4.61. The van der Waals surface area contributed by atoms with Crippen LogP contribution in [0.2, 0.25) is 0 Å². The number of carbonyl (C=O) groups is 1. The van der Waals surface area contributed by atoms with Gasteiger partial charge in [0.2, 0.25) is 5.91 Å². The van der Waals surface area contributed by atoms with E-state index in [0.29, 0.717) is 11.8 Å². The van der Waals surface area contributed by atoms with Crippen molar-refractivity contribution in [1.82, 2.24) is 4.90 Å². The van der Waals surface area contributed by atoms with Crippen molar-refractivity contribution >= 4 is 23.3 Å². The predicted molar refractivity (Wildman–Crippen MR) is 65.0 cm³/mol. The van der Waals surface area contributed by atoms with Crippen LogP contribution in [0.5, 0.6) is 0 Å². The van der Waals surface area contributed by atoms with Crippen molar-refractivity contribution < 1.29 is 9.53 Å². The minimum absolute atomic E-state index is 0.0346. The van der Waals surface area contributed by atoms with E-state index in [1.54, 1.807) is 4.90 Å². The molecule has 2 rings (SSSR count). The minimum Gasteiger partial charge on any atom is -0.468 e. The lowest BCUT2D eigenvalue weighted by Crippen LogP contribution is -2.38. The van der Waals surface area contributed by atoms with Gasteiger partial charge in [0.15, 0.2) is 0 Å². The Morgan fingerprint density at radius 2 is 2.19 bits per heavy atom. The molecule has 1 aliphatic heterocycles. The number of carbonyl (C=O) groups excluding carboxylic acids is 1. The van der Waals surface area contributed by atoms with E-state index in [1.807, 2.05) is 30.3 Å². The lowest BCUT2D eigenvalue weighted by atomic mass is 10.1. The van der Waals surface area contributed by atoms with E-state index < -0.39 is 0 Å². The maximum atomic E-state index is 11.4. The smallest absolute Gasteiger partial charge is 0.266 e. The van der Waals surface area contributed by atoms with Crippen LogP contribution in [0.4, 0.5) is 0 Å². The molecule has 1 heterocycles. The second-order valence-corrected chi connectivity index (χ2v) is 4.16. The molecule has 0 aliphatic carbocycles. The van der Waals surface area contributed by atoms with Crippen molar-refractivity contribution in [3.05, 3.63) is 35.9 Å². The topological polar surface area (TPSA) is 29.5 Å². The molecule has 0 spiro atoms. The Balaban J connectivity index is 2.10. The highest BCUT2D eigenvalue weighted by Crippen LogP contribution is 2.17. The van der Waals surface area contributed by atoms with Gasteiger partial charge in [-0.1, -0.05) is 30.3 Å². The number of benzene rings is 1. The van der Waals surface area contributed by atoms with Crippen LogP contribution in [0.15, 0.2) is 30.3 Å². The number of hydrogen-bond acceptors (Lipinski definition) is 3. The zero-order valence-electron chi connectivity index (χ0n) is 9.05. The highest BCUT2D eigenvalue weighted by molar-refractivity contribution is 7.80. The molecule has 16 heavy (non-hydrogen) atoms. The fraction of sp³-hybridized carbons (Fsp3) is 0.333. The van der Waals surface area contributed by atoms with Crippen LogP contribution in [0.1, 0.15) is 12.5 Å². The van der Waals surface area contributed by atoms with Gasteiger partial charge in [-0.05, 0) is 24.2 Å². The molecule has 1 aromatic rings. The molecule has 1 amide bonds. The van der Waals surface area contributed by atoms with Crippen molar-refractivity contribution in [3.63, 3.8) is 0 Å². The summed E-state index contributed by atoms with van der Waals surface area (Å²) >= 11 is 4.99. The molecule has 0 bridgehead atoms. The van der Waals surface area contributed by atoms with Crippen molar-refractivity contribution in [3.8, 4) is 0 Å². The Labute approximate surface area is 100 Å². The SMILES string of the molecule is CC(=O)N1C(=S)OCC1Cc1ccccc1. The highest BCUT2D eigenvalue weighted by Gasteiger charge is 2.32. The number of rotatable bonds is 2. The minimum atomic E-state index is -0.0524. The molecule has 3 nitrogen and oxygen atoms in total. The quantitative estimate of drug-likeness (QED) is 0.732. The number of ether oxygens (including phenoxy) is 1. The van der Waals surface area contributed by atoms with Gasteiger partial charge in [-0.15, -0.1) is 0 Å². The molecule has 0 N–H and O–H groups in total. The first kappa shape index (κ1) is 11.1. The lowest BCUT2D eigenvalue weighted by Gasteiger charge is -2.19. The van der Waals surface area contributed by atoms with Gasteiger partial charge in [-0.2, -0.15) is 0 Å². The Bertz CT molecular complexity index is 405.